The minimum absolute atomic E-state index is 0.0776. The first-order valence-electron chi connectivity index (χ1n) is 5.95. The fraction of sp³-hybridized carbons (Fsp3) is 0.143. The maximum absolute atomic E-state index is 14.2. The molecule has 0 fully saturated rings. The number of hydrogen-bond acceptors (Lipinski definition) is 3. The van der Waals surface area contributed by atoms with Crippen LogP contribution in [0.2, 0.25) is 0 Å². The Morgan fingerprint density at radius 2 is 1.95 bits per heavy atom. The molecule has 20 heavy (non-hydrogen) atoms. The zero-order valence-corrected chi connectivity index (χ0v) is 10.7. The van der Waals surface area contributed by atoms with Gasteiger partial charge in [0.15, 0.2) is 11.6 Å². The van der Waals surface area contributed by atoms with Gasteiger partial charge in [0.2, 0.25) is 5.95 Å². The summed E-state index contributed by atoms with van der Waals surface area (Å²) in [5.74, 6) is -3.52. The Kier molecular flexibility index (Phi) is 3.93. The van der Waals surface area contributed by atoms with Gasteiger partial charge in [-0.05, 0) is 18.6 Å². The molecule has 0 unspecified atom stereocenters. The van der Waals surface area contributed by atoms with Crippen molar-refractivity contribution in [1.29, 1.82) is 0 Å². The number of carbonyl (C=O) groups excluding carboxylic acids is 1. The molecule has 0 radical (unpaired) electrons. The van der Waals surface area contributed by atoms with Gasteiger partial charge >= 0.3 is 0 Å². The van der Waals surface area contributed by atoms with Crippen molar-refractivity contribution >= 4 is 5.91 Å². The van der Waals surface area contributed by atoms with Crippen molar-refractivity contribution in [2.75, 3.05) is 0 Å². The topological polar surface area (TPSA) is 65.2 Å². The van der Waals surface area contributed by atoms with Crippen molar-refractivity contribution < 1.29 is 18.3 Å². The van der Waals surface area contributed by atoms with Crippen molar-refractivity contribution in [3.8, 4) is 11.5 Å². The maximum Gasteiger partial charge on any atom is 0.256 e. The molecule has 1 aromatic carbocycles. The van der Waals surface area contributed by atoms with E-state index >= 15 is 0 Å². The average Bonchev–Trinajstić information content (AvgIpc) is 2.42. The monoisotopic (exact) mass is 278 g/mol. The molecule has 6 heteroatoms. The standard InChI is InChI=1S/C14H12F2N2O2/c1-2-9-12(20-8-6-4-3-5-7-8)11(15)10(14(17)19)13(16)18-9/h3-7H,2H2,1H3,(H2,17,19). The van der Waals surface area contributed by atoms with Gasteiger partial charge in [-0.15, -0.1) is 0 Å². The number of benzene rings is 1. The van der Waals surface area contributed by atoms with Gasteiger partial charge in [-0.3, -0.25) is 4.79 Å². The molecule has 2 N–H and O–H groups in total. The molecule has 0 aliphatic carbocycles. The third-order valence-electron chi connectivity index (χ3n) is 2.66. The molecule has 2 aromatic rings. The van der Waals surface area contributed by atoms with E-state index in [1.165, 1.54) is 0 Å². The first kappa shape index (κ1) is 13.9. The Morgan fingerprint density at radius 1 is 1.30 bits per heavy atom. The highest BCUT2D eigenvalue weighted by Crippen LogP contribution is 2.30. The van der Waals surface area contributed by atoms with Crippen LogP contribution in [0.25, 0.3) is 0 Å². The lowest BCUT2D eigenvalue weighted by Gasteiger charge is -2.12. The number of pyridine rings is 1. The number of amides is 1. The molecule has 0 atom stereocenters. The normalized spacial score (nSPS) is 10.3. The van der Waals surface area contributed by atoms with E-state index < -0.39 is 23.2 Å². The molecular weight excluding hydrogens is 266 g/mol. The van der Waals surface area contributed by atoms with Gasteiger partial charge in [0.1, 0.15) is 11.3 Å². The zero-order valence-electron chi connectivity index (χ0n) is 10.7. The summed E-state index contributed by atoms with van der Waals surface area (Å²) < 4.78 is 33.1. The molecule has 1 heterocycles. The van der Waals surface area contributed by atoms with Crippen molar-refractivity contribution in [2.45, 2.75) is 13.3 Å². The Morgan fingerprint density at radius 3 is 2.50 bits per heavy atom. The molecule has 0 saturated heterocycles. The molecule has 2 rings (SSSR count). The predicted molar refractivity (Wildman–Crippen MR) is 68.6 cm³/mol. The Balaban J connectivity index is 2.56. The summed E-state index contributed by atoms with van der Waals surface area (Å²) in [5, 5.41) is 0. The van der Waals surface area contributed by atoms with E-state index in [2.05, 4.69) is 4.98 Å². The number of halogens is 2. The molecule has 0 spiro atoms. The number of hydrogen-bond donors (Lipinski definition) is 1. The van der Waals surface area contributed by atoms with Crippen LogP contribution in [0.3, 0.4) is 0 Å². The minimum atomic E-state index is -1.23. The van der Waals surface area contributed by atoms with E-state index in [9.17, 15) is 13.6 Å². The average molecular weight is 278 g/mol. The van der Waals surface area contributed by atoms with Crippen molar-refractivity contribution in [2.24, 2.45) is 5.73 Å². The van der Waals surface area contributed by atoms with Crippen LogP contribution in [0.1, 0.15) is 23.0 Å². The van der Waals surface area contributed by atoms with Crippen LogP contribution in [0.5, 0.6) is 11.5 Å². The van der Waals surface area contributed by atoms with Gasteiger partial charge in [-0.25, -0.2) is 9.37 Å². The largest absolute Gasteiger partial charge is 0.452 e. The van der Waals surface area contributed by atoms with Gasteiger partial charge in [-0.1, -0.05) is 25.1 Å². The van der Waals surface area contributed by atoms with Crippen molar-refractivity contribution in [3.63, 3.8) is 0 Å². The number of ether oxygens (including phenoxy) is 1. The van der Waals surface area contributed by atoms with Crippen LogP contribution in [0, 0.1) is 11.8 Å². The lowest BCUT2D eigenvalue weighted by molar-refractivity contribution is 0.0990. The number of carbonyl (C=O) groups is 1. The summed E-state index contributed by atoms with van der Waals surface area (Å²) in [4.78, 5) is 14.6. The predicted octanol–water partition coefficient (Wildman–Crippen LogP) is 2.81. The van der Waals surface area contributed by atoms with Crippen LogP contribution < -0.4 is 10.5 Å². The van der Waals surface area contributed by atoms with Crippen molar-refractivity contribution in [3.05, 3.63) is 53.4 Å². The summed E-state index contributed by atoms with van der Waals surface area (Å²) in [6.07, 6.45) is 0.245. The Labute approximate surface area is 114 Å². The maximum atomic E-state index is 14.2. The Hall–Kier alpha value is -2.50. The molecule has 4 nitrogen and oxygen atoms in total. The van der Waals surface area contributed by atoms with E-state index in [4.69, 9.17) is 10.5 Å². The third kappa shape index (κ3) is 2.59. The van der Waals surface area contributed by atoms with Crippen LogP contribution in [0.15, 0.2) is 30.3 Å². The third-order valence-corrected chi connectivity index (χ3v) is 2.66. The van der Waals surface area contributed by atoms with Gasteiger partial charge in [0.25, 0.3) is 5.91 Å². The van der Waals surface area contributed by atoms with E-state index in [1.54, 1.807) is 37.3 Å². The first-order chi connectivity index (χ1) is 9.54. The molecule has 1 amide bonds. The SMILES string of the molecule is CCc1nc(F)c(C(N)=O)c(F)c1Oc1ccccc1. The van der Waals surface area contributed by atoms with Crippen LogP contribution in [-0.2, 0) is 6.42 Å². The number of para-hydroxylation sites is 1. The highest BCUT2D eigenvalue weighted by atomic mass is 19.1. The van der Waals surface area contributed by atoms with Gasteiger partial charge in [0.05, 0.1) is 5.69 Å². The quantitative estimate of drug-likeness (QED) is 0.874. The number of nitrogens with two attached hydrogens (primary N) is 1. The van der Waals surface area contributed by atoms with E-state index in [-0.39, 0.29) is 17.9 Å². The second-order valence-corrected chi connectivity index (χ2v) is 4.00. The lowest BCUT2D eigenvalue weighted by atomic mass is 10.1. The van der Waals surface area contributed by atoms with Crippen LogP contribution in [-0.4, -0.2) is 10.9 Å². The zero-order chi connectivity index (χ0) is 14.7. The lowest BCUT2D eigenvalue weighted by Crippen LogP contribution is -2.18. The van der Waals surface area contributed by atoms with Gasteiger partial charge in [-0.2, -0.15) is 4.39 Å². The fourth-order valence-electron chi connectivity index (χ4n) is 1.72. The van der Waals surface area contributed by atoms with Gasteiger partial charge < -0.3 is 10.5 Å². The molecule has 1 aromatic heterocycles. The molecule has 0 aliphatic rings. The number of aromatic nitrogens is 1. The number of primary amides is 1. The summed E-state index contributed by atoms with van der Waals surface area (Å²) in [7, 11) is 0. The number of aryl methyl sites for hydroxylation is 1. The molecule has 104 valence electrons. The van der Waals surface area contributed by atoms with Crippen molar-refractivity contribution in [1.82, 2.24) is 4.98 Å². The first-order valence-corrected chi connectivity index (χ1v) is 5.95. The smallest absolute Gasteiger partial charge is 0.256 e. The second-order valence-electron chi connectivity index (χ2n) is 4.00. The second kappa shape index (κ2) is 5.64. The highest BCUT2D eigenvalue weighted by molar-refractivity contribution is 5.93. The molecule has 0 aliphatic heterocycles. The molecular formula is C14H12F2N2O2. The molecule has 0 bridgehead atoms. The van der Waals surface area contributed by atoms with E-state index in [0.29, 0.717) is 5.75 Å². The summed E-state index contributed by atoms with van der Waals surface area (Å²) in [6, 6.07) is 8.37. The minimum Gasteiger partial charge on any atom is -0.452 e. The summed E-state index contributed by atoms with van der Waals surface area (Å²) >= 11 is 0. The van der Waals surface area contributed by atoms with E-state index in [0.717, 1.165) is 0 Å². The molecule has 0 saturated carbocycles. The fourth-order valence-corrected chi connectivity index (χ4v) is 1.72. The van der Waals surface area contributed by atoms with E-state index in [1.807, 2.05) is 0 Å². The highest BCUT2D eigenvalue weighted by Gasteiger charge is 2.24. The number of nitrogens with zero attached hydrogens (tertiary/aromatic N) is 1. The number of rotatable bonds is 4. The van der Waals surface area contributed by atoms with Crippen LogP contribution in [0.4, 0.5) is 8.78 Å². The Bertz CT molecular complexity index is 645. The van der Waals surface area contributed by atoms with Crippen LogP contribution >= 0.6 is 0 Å². The summed E-state index contributed by atoms with van der Waals surface area (Å²) in [5.41, 5.74) is 4.14. The summed E-state index contributed by atoms with van der Waals surface area (Å²) in [6.45, 7) is 1.67. The van der Waals surface area contributed by atoms with Gasteiger partial charge in [0, 0.05) is 0 Å².